The summed E-state index contributed by atoms with van der Waals surface area (Å²) in [5, 5.41) is 0. The molecule has 1 saturated heterocycles. The molecule has 1 aliphatic rings. The van der Waals surface area contributed by atoms with Gasteiger partial charge in [-0.15, -0.1) is 0 Å². The van der Waals surface area contributed by atoms with E-state index in [1.807, 2.05) is 0 Å². The first kappa shape index (κ1) is 11.7. The molecule has 0 saturated carbocycles. The van der Waals surface area contributed by atoms with Crippen molar-refractivity contribution < 1.29 is 9.53 Å². The van der Waals surface area contributed by atoms with Gasteiger partial charge in [-0.25, -0.2) is 0 Å². The Morgan fingerprint density at radius 3 is 1.86 bits per heavy atom. The van der Waals surface area contributed by atoms with Crippen LogP contribution in [-0.4, -0.2) is 19.0 Å². The van der Waals surface area contributed by atoms with Gasteiger partial charge in [0.05, 0.1) is 0 Å². The molecule has 0 radical (unpaired) electrons. The third-order valence-electron chi connectivity index (χ3n) is 2.74. The fourth-order valence-electron chi connectivity index (χ4n) is 1.81. The predicted octanol–water partition coefficient (Wildman–Crippen LogP) is 3.10. The van der Waals surface area contributed by atoms with E-state index in [4.69, 9.17) is 4.74 Å². The summed E-state index contributed by atoms with van der Waals surface area (Å²) in [7, 11) is 0. The number of Topliss-reactive ketones (excluding diaryl/α,β-unsaturated/α-hetero) is 1. The molecule has 2 heteroatoms. The van der Waals surface area contributed by atoms with Crippen molar-refractivity contribution in [2.24, 2.45) is 0 Å². The van der Waals surface area contributed by atoms with Crippen LogP contribution >= 0.6 is 0 Å². The number of rotatable bonds is 0. The average Bonchev–Trinajstić information content (AvgIpc) is 2.20. The molecule has 0 aromatic carbocycles. The van der Waals surface area contributed by atoms with Crippen LogP contribution in [0.5, 0.6) is 0 Å². The molecule has 0 amide bonds. The molecule has 1 aliphatic heterocycles. The molecule has 0 spiro atoms. The Labute approximate surface area is 87.0 Å². The van der Waals surface area contributed by atoms with Crippen molar-refractivity contribution in [1.82, 2.24) is 0 Å². The standard InChI is InChI=1S/C12H22O2/c13-12-8-4-1-2-6-10-14-11-7-3-5-9-12/h1-11H2. The molecule has 0 aromatic rings. The molecule has 82 valence electrons. The minimum Gasteiger partial charge on any atom is -0.381 e. The number of hydrogen-bond acceptors (Lipinski definition) is 2. The highest BCUT2D eigenvalue weighted by Gasteiger charge is 2.02. The molecule has 14 heavy (non-hydrogen) atoms. The highest BCUT2D eigenvalue weighted by molar-refractivity contribution is 5.78. The van der Waals surface area contributed by atoms with E-state index in [2.05, 4.69) is 0 Å². The summed E-state index contributed by atoms with van der Waals surface area (Å²) in [6.07, 6.45) is 9.57. The quantitative estimate of drug-likeness (QED) is 0.598. The minimum absolute atomic E-state index is 0.463. The molecular weight excluding hydrogens is 176 g/mol. The Kier molecular flexibility index (Phi) is 6.67. The first-order valence-electron chi connectivity index (χ1n) is 5.99. The highest BCUT2D eigenvalue weighted by atomic mass is 16.5. The van der Waals surface area contributed by atoms with Gasteiger partial charge in [-0.1, -0.05) is 19.3 Å². The minimum atomic E-state index is 0.463. The van der Waals surface area contributed by atoms with E-state index in [0.717, 1.165) is 58.2 Å². The Hall–Kier alpha value is -0.370. The van der Waals surface area contributed by atoms with Crippen molar-refractivity contribution in [2.45, 2.75) is 57.8 Å². The van der Waals surface area contributed by atoms with Crippen molar-refractivity contribution in [3.8, 4) is 0 Å². The Bertz CT molecular complexity index is 138. The zero-order chi connectivity index (χ0) is 10.1. The van der Waals surface area contributed by atoms with Gasteiger partial charge < -0.3 is 4.74 Å². The van der Waals surface area contributed by atoms with Crippen LogP contribution in [0.4, 0.5) is 0 Å². The molecule has 0 unspecified atom stereocenters. The van der Waals surface area contributed by atoms with Crippen LogP contribution in [0.1, 0.15) is 57.8 Å². The molecule has 0 bridgehead atoms. The maximum Gasteiger partial charge on any atom is 0.132 e. The second-order valence-electron chi connectivity index (χ2n) is 4.13. The van der Waals surface area contributed by atoms with E-state index < -0.39 is 0 Å². The second kappa shape index (κ2) is 7.98. The Balaban J connectivity index is 2.15. The highest BCUT2D eigenvalue weighted by Crippen LogP contribution is 2.09. The number of carbonyl (C=O) groups excluding carboxylic acids is 1. The first-order chi connectivity index (χ1) is 6.89. The third kappa shape index (κ3) is 6.14. The predicted molar refractivity (Wildman–Crippen MR) is 57.4 cm³/mol. The largest absolute Gasteiger partial charge is 0.381 e. The van der Waals surface area contributed by atoms with Gasteiger partial charge in [0.25, 0.3) is 0 Å². The SMILES string of the molecule is O=C1CCCCCCOCCCCC1. The smallest absolute Gasteiger partial charge is 0.132 e. The lowest BCUT2D eigenvalue weighted by atomic mass is 10.1. The molecule has 2 nitrogen and oxygen atoms in total. The van der Waals surface area contributed by atoms with Crippen molar-refractivity contribution in [3.63, 3.8) is 0 Å². The van der Waals surface area contributed by atoms with Gasteiger partial charge in [0.1, 0.15) is 5.78 Å². The maximum atomic E-state index is 11.4. The Morgan fingerprint density at radius 2 is 1.21 bits per heavy atom. The summed E-state index contributed by atoms with van der Waals surface area (Å²) in [5.41, 5.74) is 0. The molecule has 1 rings (SSSR count). The van der Waals surface area contributed by atoms with Gasteiger partial charge in [-0.3, -0.25) is 4.79 Å². The van der Waals surface area contributed by atoms with Crippen LogP contribution in [0, 0.1) is 0 Å². The monoisotopic (exact) mass is 198 g/mol. The van der Waals surface area contributed by atoms with E-state index in [9.17, 15) is 4.79 Å². The van der Waals surface area contributed by atoms with E-state index in [1.54, 1.807) is 0 Å². The van der Waals surface area contributed by atoms with Gasteiger partial charge in [0.2, 0.25) is 0 Å². The van der Waals surface area contributed by atoms with Gasteiger partial charge in [0.15, 0.2) is 0 Å². The fourth-order valence-corrected chi connectivity index (χ4v) is 1.81. The summed E-state index contributed by atoms with van der Waals surface area (Å²) in [6, 6.07) is 0. The molecule has 0 N–H and O–H groups in total. The summed E-state index contributed by atoms with van der Waals surface area (Å²) >= 11 is 0. The normalized spacial score (nSPS) is 23.3. The molecule has 0 atom stereocenters. The summed E-state index contributed by atoms with van der Waals surface area (Å²) in [5.74, 6) is 0.463. The lowest BCUT2D eigenvalue weighted by molar-refractivity contribution is -0.119. The molecular formula is C12H22O2. The zero-order valence-corrected chi connectivity index (χ0v) is 9.09. The van der Waals surface area contributed by atoms with Gasteiger partial charge in [0, 0.05) is 26.1 Å². The van der Waals surface area contributed by atoms with Gasteiger partial charge in [-0.05, 0) is 25.7 Å². The van der Waals surface area contributed by atoms with Crippen molar-refractivity contribution >= 4 is 5.78 Å². The van der Waals surface area contributed by atoms with Gasteiger partial charge in [-0.2, -0.15) is 0 Å². The zero-order valence-electron chi connectivity index (χ0n) is 9.09. The lowest BCUT2D eigenvalue weighted by Gasteiger charge is -2.02. The number of hydrogen-bond donors (Lipinski definition) is 0. The summed E-state index contributed by atoms with van der Waals surface area (Å²) in [6.45, 7) is 1.79. The van der Waals surface area contributed by atoms with Crippen molar-refractivity contribution in [1.29, 1.82) is 0 Å². The topological polar surface area (TPSA) is 26.3 Å². The fraction of sp³-hybridized carbons (Fsp3) is 0.917. The van der Waals surface area contributed by atoms with Crippen LogP contribution in [0.15, 0.2) is 0 Å². The lowest BCUT2D eigenvalue weighted by Crippen LogP contribution is -1.98. The number of ether oxygens (including phenoxy) is 1. The van der Waals surface area contributed by atoms with Crippen LogP contribution < -0.4 is 0 Å². The maximum absolute atomic E-state index is 11.4. The molecule has 0 aromatic heterocycles. The summed E-state index contributed by atoms with van der Waals surface area (Å²) in [4.78, 5) is 11.4. The van der Waals surface area contributed by atoms with Crippen molar-refractivity contribution in [3.05, 3.63) is 0 Å². The van der Waals surface area contributed by atoms with Crippen LogP contribution in [0.3, 0.4) is 0 Å². The van der Waals surface area contributed by atoms with Crippen LogP contribution in [0.2, 0.25) is 0 Å². The third-order valence-corrected chi connectivity index (χ3v) is 2.74. The van der Waals surface area contributed by atoms with E-state index >= 15 is 0 Å². The molecule has 0 aliphatic carbocycles. The Morgan fingerprint density at radius 1 is 0.714 bits per heavy atom. The first-order valence-corrected chi connectivity index (χ1v) is 5.99. The van der Waals surface area contributed by atoms with E-state index in [0.29, 0.717) is 5.78 Å². The molecule has 1 heterocycles. The average molecular weight is 198 g/mol. The molecule has 1 fully saturated rings. The summed E-state index contributed by atoms with van der Waals surface area (Å²) < 4.78 is 5.49. The van der Waals surface area contributed by atoms with E-state index in [1.165, 1.54) is 12.8 Å². The van der Waals surface area contributed by atoms with Crippen molar-refractivity contribution in [2.75, 3.05) is 13.2 Å². The van der Waals surface area contributed by atoms with Crippen LogP contribution in [-0.2, 0) is 9.53 Å². The second-order valence-corrected chi connectivity index (χ2v) is 4.13. The number of ketones is 1. The van der Waals surface area contributed by atoms with Gasteiger partial charge >= 0.3 is 0 Å². The van der Waals surface area contributed by atoms with Crippen LogP contribution in [0.25, 0.3) is 0 Å². The number of carbonyl (C=O) groups is 1. The van der Waals surface area contributed by atoms with E-state index in [-0.39, 0.29) is 0 Å².